The van der Waals surface area contributed by atoms with Gasteiger partial charge in [-0.15, -0.1) is 0 Å². The quantitative estimate of drug-likeness (QED) is 0.469. The van der Waals surface area contributed by atoms with Crippen LogP contribution >= 0.6 is 11.3 Å². The van der Waals surface area contributed by atoms with Gasteiger partial charge in [-0.1, -0.05) is 30.4 Å². The monoisotopic (exact) mass is 416 g/mol. The van der Waals surface area contributed by atoms with Gasteiger partial charge in [-0.3, -0.25) is 10.1 Å². The van der Waals surface area contributed by atoms with Gasteiger partial charge in [0.15, 0.2) is 5.13 Å². The number of aromatic nitrogens is 1. The van der Waals surface area contributed by atoms with Gasteiger partial charge in [0.1, 0.15) is 17.2 Å². The zero-order valence-corrected chi connectivity index (χ0v) is 16.1. The number of allylic oxidation sites excluding steroid dienone is 4. The summed E-state index contributed by atoms with van der Waals surface area (Å²) in [4.78, 5) is 16.8. The minimum absolute atomic E-state index is 0.0388. The number of carbonyl (C=O) groups is 1. The number of alkyl halides is 3. The summed E-state index contributed by atoms with van der Waals surface area (Å²) in [7, 11) is 0. The Bertz CT molecular complexity index is 924. The molecule has 0 saturated heterocycles. The Balaban J connectivity index is 2.38. The number of anilines is 1. The average molecular weight is 416 g/mol. The molecule has 0 atom stereocenters. The Morgan fingerprint density at radius 3 is 2.36 bits per heavy atom. The zero-order chi connectivity index (χ0) is 21.1. The van der Waals surface area contributed by atoms with Gasteiger partial charge >= 0.3 is 6.18 Å². The fourth-order valence-corrected chi connectivity index (χ4v) is 3.44. The highest BCUT2D eigenvalue weighted by Crippen LogP contribution is 2.34. The number of halogens is 5. The number of thiazole rings is 1. The SMILES string of the molecule is C/C=C(\C=C(/C)C(F)(F)F)c1sc(NC(=O)c2c(F)cccc2F)nc1CC. The van der Waals surface area contributed by atoms with Gasteiger partial charge in [0, 0.05) is 5.57 Å². The van der Waals surface area contributed by atoms with Gasteiger partial charge in [-0.2, -0.15) is 13.2 Å². The van der Waals surface area contributed by atoms with Crippen molar-refractivity contribution < 1.29 is 26.7 Å². The summed E-state index contributed by atoms with van der Waals surface area (Å²) < 4.78 is 66.0. The summed E-state index contributed by atoms with van der Waals surface area (Å²) in [6, 6.07) is 3.03. The van der Waals surface area contributed by atoms with E-state index < -0.39 is 34.9 Å². The van der Waals surface area contributed by atoms with E-state index in [-0.39, 0.29) is 5.13 Å². The van der Waals surface area contributed by atoms with E-state index in [2.05, 4.69) is 10.3 Å². The molecule has 9 heteroatoms. The maximum absolute atomic E-state index is 13.8. The molecule has 150 valence electrons. The highest BCUT2D eigenvalue weighted by atomic mass is 32.1. The second-order valence-electron chi connectivity index (χ2n) is 5.77. The first-order valence-electron chi connectivity index (χ1n) is 8.25. The number of amides is 1. The van der Waals surface area contributed by atoms with E-state index in [9.17, 15) is 26.7 Å². The van der Waals surface area contributed by atoms with Gasteiger partial charge in [-0.25, -0.2) is 13.8 Å². The summed E-state index contributed by atoms with van der Waals surface area (Å²) >= 11 is 0.936. The molecule has 1 aromatic heterocycles. The Morgan fingerprint density at radius 1 is 1.25 bits per heavy atom. The fraction of sp³-hybridized carbons (Fsp3) is 0.263. The van der Waals surface area contributed by atoms with Crippen molar-refractivity contribution in [2.24, 2.45) is 0 Å². The second kappa shape index (κ2) is 8.64. The third-order valence-corrected chi connectivity index (χ3v) is 4.90. The molecule has 0 aliphatic rings. The summed E-state index contributed by atoms with van der Waals surface area (Å²) in [6.45, 7) is 4.30. The zero-order valence-electron chi connectivity index (χ0n) is 15.2. The molecule has 2 aromatic rings. The molecular formula is C19H17F5N2OS. The van der Waals surface area contributed by atoms with E-state index in [1.165, 1.54) is 6.08 Å². The van der Waals surface area contributed by atoms with Crippen molar-refractivity contribution in [1.82, 2.24) is 4.98 Å². The van der Waals surface area contributed by atoms with Gasteiger partial charge in [0.2, 0.25) is 0 Å². The maximum Gasteiger partial charge on any atom is 0.412 e. The molecule has 0 aliphatic heterocycles. The third-order valence-electron chi connectivity index (χ3n) is 3.83. The number of rotatable bonds is 5. The maximum atomic E-state index is 13.8. The molecule has 0 bridgehead atoms. The largest absolute Gasteiger partial charge is 0.412 e. The molecule has 1 N–H and O–H groups in total. The third kappa shape index (κ3) is 4.83. The van der Waals surface area contributed by atoms with Crippen molar-refractivity contribution >= 4 is 27.9 Å². The molecule has 0 radical (unpaired) electrons. The predicted octanol–water partition coefficient (Wildman–Crippen LogP) is 6.15. The lowest BCUT2D eigenvalue weighted by atomic mass is 10.1. The van der Waals surface area contributed by atoms with Crippen LogP contribution in [0.1, 0.15) is 41.7 Å². The van der Waals surface area contributed by atoms with Crippen LogP contribution in [0.2, 0.25) is 0 Å². The molecule has 0 aliphatic carbocycles. The van der Waals surface area contributed by atoms with E-state index in [0.717, 1.165) is 42.5 Å². The van der Waals surface area contributed by atoms with E-state index in [0.29, 0.717) is 22.6 Å². The smallest absolute Gasteiger partial charge is 0.298 e. The molecule has 0 saturated carbocycles. The van der Waals surface area contributed by atoms with Gasteiger partial charge in [0.25, 0.3) is 5.91 Å². The molecule has 1 aromatic carbocycles. The number of nitrogens with one attached hydrogen (secondary N) is 1. The lowest BCUT2D eigenvalue weighted by Gasteiger charge is -2.08. The van der Waals surface area contributed by atoms with E-state index in [4.69, 9.17) is 0 Å². The normalized spacial score (nSPS) is 13.0. The Hall–Kier alpha value is -2.55. The van der Waals surface area contributed by atoms with Crippen LogP contribution in [0.15, 0.2) is 35.9 Å². The Labute approximate surface area is 162 Å². The van der Waals surface area contributed by atoms with Crippen molar-refractivity contribution in [2.45, 2.75) is 33.4 Å². The molecule has 0 spiro atoms. The summed E-state index contributed by atoms with van der Waals surface area (Å²) in [5.41, 5.74) is -0.776. The van der Waals surface area contributed by atoms with Gasteiger partial charge < -0.3 is 0 Å². The van der Waals surface area contributed by atoms with Crippen molar-refractivity contribution in [3.63, 3.8) is 0 Å². The van der Waals surface area contributed by atoms with Crippen LogP contribution in [0, 0.1) is 11.6 Å². The van der Waals surface area contributed by atoms with Crippen LogP contribution in [-0.2, 0) is 6.42 Å². The minimum Gasteiger partial charge on any atom is -0.298 e. The molecule has 28 heavy (non-hydrogen) atoms. The number of hydrogen-bond acceptors (Lipinski definition) is 3. The highest BCUT2D eigenvalue weighted by molar-refractivity contribution is 7.17. The van der Waals surface area contributed by atoms with E-state index in [1.807, 2.05) is 0 Å². The summed E-state index contributed by atoms with van der Waals surface area (Å²) in [5.74, 6) is -3.08. The number of benzene rings is 1. The molecule has 2 rings (SSSR count). The molecule has 0 fully saturated rings. The standard InChI is InChI=1S/C19H17F5N2OS/c1-4-11(9-10(3)19(22,23)24)16-14(5-2)25-18(28-16)26-17(27)15-12(20)7-6-8-13(15)21/h4,6-9H,5H2,1-3H3,(H,25,26,27)/b10-9+,11-4+. The van der Waals surface area contributed by atoms with Gasteiger partial charge in [0.05, 0.1) is 10.6 Å². The number of aryl methyl sites for hydroxylation is 1. The number of hydrogen-bond donors (Lipinski definition) is 1. The molecular weight excluding hydrogens is 399 g/mol. The van der Waals surface area contributed by atoms with E-state index >= 15 is 0 Å². The first kappa shape index (κ1) is 21.7. The van der Waals surface area contributed by atoms with Crippen molar-refractivity contribution in [3.05, 3.63) is 63.7 Å². The minimum atomic E-state index is -4.47. The topological polar surface area (TPSA) is 42.0 Å². The predicted molar refractivity (Wildman–Crippen MR) is 99.3 cm³/mol. The Morgan fingerprint density at radius 2 is 1.86 bits per heavy atom. The molecule has 0 unspecified atom stereocenters. The average Bonchev–Trinajstić information content (AvgIpc) is 3.00. The van der Waals surface area contributed by atoms with Crippen LogP contribution in [0.25, 0.3) is 5.57 Å². The lowest BCUT2D eigenvalue weighted by molar-refractivity contribution is -0.0912. The number of nitrogens with zero attached hydrogens (tertiary/aromatic N) is 1. The Kier molecular flexibility index (Phi) is 6.71. The van der Waals surface area contributed by atoms with E-state index in [1.54, 1.807) is 13.8 Å². The second-order valence-corrected chi connectivity index (χ2v) is 6.77. The first-order chi connectivity index (χ1) is 13.1. The van der Waals surface area contributed by atoms with Gasteiger partial charge in [-0.05, 0) is 44.1 Å². The molecule has 3 nitrogen and oxygen atoms in total. The number of carbonyl (C=O) groups excluding carboxylic acids is 1. The van der Waals surface area contributed by atoms with Crippen LogP contribution in [0.3, 0.4) is 0 Å². The van der Waals surface area contributed by atoms with Crippen LogP contribution in [0.4, 0.5) is 27.1 Å². The van der Waals surface area contributed by atoms with Crippen LogP contribution < -0.4 is 5.32 Å². The summed E-state index contributed by atoms with van der Waals surface area (Å²) in [5, 5.41) is 2.35. The van der Waals surface area contributed by atoms with Crippen LogP contribution in [0.5, 0.6) is 0 Å². The van der Waals surface area contributed by atoms with Crippen molar-refractivity contribution in [1.29, 1.82) is 0 Å². The highest BCUT2D eigenvalue weighted by Gasteiger charge is 2.30. The molecule has 1 amide bonds. The van der Waals surface area contributed by atoms with Crippen molar-refractivity contribution in [3.8, 4) is 0 Å². The lowest BCUT2D eigenvalue weighted by Crippen LogP contribution is -2.15. The summed E-state index contributed by atoms with van der Waals surface area (Å²) in [6.07, 6.45) is -1.57. The molecule has 1 heterocycles. The first-order valence-corrected chi connectivity index (χ1v) is 9.07. The van der Waals surface area contributed by atoms with Crippen LogP contribution in [-0.4, -0.2) is 17.1 Å². The van der Waals surface area contributed by atoms with Crippen molar-refractivity contribution in [2.75, 3.05) is 5.32 Å². The fourth-order valence-electron chi connectivity index (χ4n) is 2.34.